The lowest BCUT2D eigenvalue weighted by Crippen LogP contribution is -2.50. The van der Waals surface area contributed by atoms with E-state index in [-0.39, 0.29) is 17.9 Å². The van der Waals surface area contributed by atoms with Crippen LogP contribution in [0.5, 0.6) is 11.5 Å². The number of hydrogen-bond donors (Lipinski definition) is 1. The second kappa shape index (κ2) is 14.6. The molecule has 226 valence electrons. The molecule has 1 heterocycles. The molecule has 7 heteroatoms. The Morgan fingerprint density at radius 1 is 0.930 bits per heavy atom. The van der Waals surface area contributed by atoms with Gasteiger partial charge in [-0.3, -0.25) is 9.59 Å². The number of fused-ring (bicyclic) bond motifs is 1. The Labute approximate surface area is 259 Å². The molecule has 1 saturated heterocycles. The molecule has 2 unspecified atom stereocenters. The van der Waals surface area contributed by atoms with Gasteiger partial charge in [0.25, 0.3) is 11.8 Å². The Kier molecular flexibility index (Phi) is 10.5. The van der Waals surface area contributed by atoms with Gasteiger partial charge in [0, 0.05) is 29.9 Å². The van der Waals surface area contributed by atoms with Crippen molar-refractivity contribution in [3.05, 3.63) is 99.5 Å². The summed E-state index contributed by atoms with van der Waals surface area (Å²) in [6, 6.07) is 22.2. The van der Waals surface area contributed by atoms with Crippen LogP contribution in [0.4, 0.5) is 0 Å². The molecule has 2 amide bonds. The van der Waals surface area contributed by atoms with E-state index in [0.29, 0.717) is 43.5 Å². The van der Waals surface area contributed by atoms with Crippen molar-refractivity contribution >= 4 is 29.7 Å². The first kappa shape index (κ1) is 30.7. The van der Waals surface area contributed by atoms with E-state index in [1.807, 2.05) is 62.4 Å². The highest BCUT2D eigenvalue weighted by molar-refractivity contribution is 8.04. The van der Waals surface area contributed by atoms with Crippen LogP contribution in [0.2, 0.25) is 0 Å². The fourth-order valence-corrected chi connectivity index (χ4v) is 7.28. The molecule has 2 atom stereocenters. The van der Waals surface area contributed by atoms with Gasteiger partial charge in [0.2, 0.25) is 0 Å². The monoisotopic (exact) mass is 598 g/mol. The Morgan fingerprint density at radius 2 is 1.63 bits per heavy atom. The maximum absolute atomic E-state index is 13.7. The molecule has 0 bridgehead atoms. The highest BCUT2D eigenvalue weighted by Gasteiger charge is 2.40. The number of benzene rings is 3. The molecule has 6 nitrogen and oxygen atoms in total. The molecule has 1 saturated carbocycles. The lowest BCUT2D eigenvalue weighted by atomic mass is 9.92. The Bertz CT molecular complexity index is 1430. The summed E-state index contributed by atoms with van der Waals surface area (Å²) >= 11 is 1.74. The van der Waals surface area contributed by atoms with Gasteiger partial charge in [0.1, 0.15) is 0 Å². The number of carbonyl (C=O) groups excluding carboxylic acids is 2. The SMILES string of the molecule is CCOc1ccc(CCNC(=O)c2ccc(/C=C3/SC4CCCCC4N(Cc4ccc(C)cc4)C3=O)cc2)cc1OCC. The Morgan fingerprint density at radius 3 is 2.37 bits per heavy atom. The third kappa shape index (κ3) is 7.82. The van der Waals surface area contributed by atoms with Crippen LogP contribution in [0, 0.1) is 6.92 Å². The van der Waals surface area contributed by atoms with Gasteiger partial charge in [0.05, 0.1) is 18.1 Å². The van der Waals surface area contributed by atoms with Gasteiger partial charge in [-0.1, -0.05) is 60.9 Å². The van der Waals surface area contributed by atoms with E-state index >= 15 is 0 Å². The number of hydrogen-bond acceptors (Lipinski definition) is 5. The minimum absolute atomic E-state index is 0.109. The van der Waals surface area contributed by atoms with Crippen molar-refractivity contribution in [2.45, 2.75) is 70.7 Å². The number of rotatable bonds is 11. The van der Waals surface area contributed by atoms with Crippen LogP contribution in [0.1, 0.15) is 72.1 Å². The van der Waals surface area contributed by atoms with Crippen molar-refractivity contribution < 1.29 is 19.1 Å². The van der Waals surface area contributed by atoms with Crippen molar-refractivity contribution in [1.29, 1.82) is 0 Å². The molecule has 2 fully saturated rings. The number of amides is 2. The van der Waals surface area contributed by atoms with Crippen molar-refractivity contribution in [3.8, 4) is 11.5 Å². The number of nitrogens with one attached hydrogen (secondary N) is 1. The molecule has 5 rings (SSSR count). The topological polar surface area (TPSA) is 67.9 Å². The third-order valence-corrected chi connectivity index (χ3v) is 9.47. The van der Waals surface area contributed by atoms with Crippen LogP contribution in [0.25, 0.3) is 6.08 Å². The normalized spacial score (nSPS) is 19.2. The average molecular weight is 599 g/mol. The zero-order valence-corrected chi connectivity index (χ0v) is 26.3. The Hall–Kier alpha value is -3.71. The zero-order chi connectivity index (χ0) is 30.2. The second-order valence-corrected chi connectivity index (χ2v) is 12.5. The molecule has 43 heavy (non-hydrogen) atoms. The molecular weight excluding hydrogens is 556 g/mol. The van der Waals surface area contributed by atoms with Crippen molar-refractivity contribution in [2.75, 3.05) is 19.8 Å². The van der Waals surface area contributed by atoms with E-state index in [2.05, 4.69) is 41.4 Å². The maximum atomic E-state index is 13.7. The largest absolute Gasteiger partial charge is 0.490 e. The third-order valence-electron chi connectivity index (χ3n) is 8.07. The summed E-state index contributed by atoms with van der Waals surface area (Å²) in [5, 5.41) is 3.44. The minimum Gasteiger partial charge on any atom is -0.490 e. The minimum atomic E-state index is -0.118. The van der Waals surface area contributed by atoms with Crippen molar-refractivity contribution in [1.82, 2.24) is 10.2 Å². The van der Waals surface area contributed by atoms with E-state index in [1.54, 1.807) is 11.8 Å². The lowest BCUT2D eigenvalue weighted by molar-refractivity contribution is -0.130. The number of carbonyl (C=O) groups is 2. The first-order valence-corrected chi connectivity index (χ1v) is 16.3. The quantitative estimate of drug-likeness (QED) is 0.237. The number of thioether (sulfide) groups is 1. The van der Waals surface area contributed by atoms with Crippen molar-refractivity contribution in [3.63, 3.8) is 0 Å². The van der Waals surface area contributed by atoms with Gasteiger partial charge in [-0.05, 0) is 87.1 Å². The summed E-state index contributed by atoms with van der Waals surface area (Å²) in [7, 11) is 0. The van der Waals surface area contributed by atoms with Crippen LogP contribution in [0.3, 0.4) is 0 Å². The fourth-order valence-electron chi connectivity index (χ4n) is 5.81. The van der Waals surface area contributed by atoms with Gasteiger partial charge >= 0.3 is 0 Å². The van der Waals surface area contributed by atoms with E-state index in [1.165, 1.54) is 24.0 Å². The van der Waals surface area contributed by atoms with Gasteiger partial charge in [0.15, 0.2) is 11.5 Å². The first-order valence-electron chi connectivity index (χ1n) is 15.5. The Balaban J connectivity index is 1.21. The molecular formula is C36H42N2O4S. The van der Waals surface area contributed by atoms with E-state index in [0.717, 1.165) is 40.4 Å². The zero-order valence-electron chi connectivity index (χ0n) is 25.4. The van der Waals surface area contributed by atoms with E-state index in [9.17, 15) is 9.59 Å². The highest BCUT2D eigenvalue weighted by Crippen LogP contribution is 2.42. The molecule has 1 aliphatic carbocycles. The van der Waals surface area contributed by atoms with Gasteiger partial charge in [-0.2, -0.15) is 0 Å². The molecule has 1 aliphatic heterocycles. The molecule has 1 N–H and O–H groups in total. The van der Waals surface area contributed by atoms with Crippen LogP contribution < -0.4 is 14.8 Å². The summed E-state index contributed by atoms with van der Waals surface area (Å²) in [6.07, 6.45) is 7.26. The number of aryl methyl sites for hydroxylation is 1. The predicted molar refractivity (Wildman–Crippen MR) is 175 cm³/mol. The van der Waals surface area contributed by atoms with Crippen LogP contribution in [-0.2, 0) is 17.8 Å². The smallest absolute Gasteiger partial charge is 0.260 e. The average Bonchev–Trinajstić information content (AvgIpc) is 3.02. The molecule has 0 spiro atoms. The van der Waals surface area contributed by atoms with Gasteiger partial charge < -0.3 is 19.7 Å². The molecule has 0 radical (unpaired) electrons. The highest BCUT2D eigenvalue weighted by atomic mass is 32.2. The molecule has 2 aliphatic rings. The summed E-state index contributed by atoms with van der Waals surface area (Å²) in [5.41, 5.74) is 4.98. The summed E-state index contributed by atoms with van der Waals surface area (Å²) in [6.45, 7) is 8.27. The van der Waals surface area contributed by atoms with Gasteiger partial charge in [-0.15, -0.1) is 11.8 Å². The second-order valence-electron chi connectivity index (χ2n) is 11.2. The summed E-state index contributed by atoms with van der Waals surface area (Å²) in [4.78, 5) is 29.5. The van der Waals surface area contributed by atoms with Crippen LogP contribution in [0.15, 0.2) is 71.6 Å². The van der Waals surface area contributed by atoms with Crippen molar-refractivity contribution in [2.24, 2.45) is 0 Å². The first-order chi connectivity index (χ1) is 20.9. The standard InChI is InChI=1S/C36H42N2O4S/c1-4-41-31-19-16-27(22-32(31)42-5-2)20-21-37-35(39)29-17-14-26(15-18-29)23-34-36(40)38(24-28-12-10-25(3)11-13-28)30-8-6-7-9-33(30)43-34/h10-19,22-23,30,33H,4-9,20-21,24H2,1-3H3,(H,37,39)/b34-23+. The maximum Gasteiger partial charge on any atom is 0.260 e. The summed E-state index contributed by atoms with van der Waals surface area (Å²) < 4.78 is 11.4. The van der Waals surface area contributed by atoms with E-state index in [4.69, 9.17) is 9.47 Å². The van der Waals surface area contributed by atoms with Gasteiger partial charge in [-0.25, -0.2) is 0 Å². The lowest BCUT2D eigenvalue weighted by Gasteiger charge is -2.44. The summed E-state index contributed by atoms with van der Waals surface area (Å²) in [5.74, 6) is 1.45. The molecule has 0 aromatic heterocycles. The van der Waals surface area contributed by atoms with Crippen LogP contribution >= 0.6 is 11.8 Å². The van der Waals surface area contributed by atoms with Crippen LogP contribution in [-0.4, -0.2) is 47.8 Å². The molecule has 3 aromatic carbocycles. The fraction of sp³-hybridized carbons (Fsp3) is 0.389. The number of ether oxygens (including phenoxy) is 2. The number of nitrogens with zero attached hydrogens (tertiary/aromatic N) is 1. The van der Waals surface area contributed by atoms with E-state index < -0.39 is 0 Å². The molecule has 3 aromatic rings. The predicted octanol–water partition coefficient (Wildman–Crippen LogP) is 7.19.